The average Bonchev–Trinajstić information content (AvgIpc) is 2.60. The standard InChI is InChI=1S/C13H21NOS/c1-9-5-4-6-13(15,10(9)2)7-12-8-16-11(3)14-12/h8-10,15H,4-7H2,1-3H3. The van der Waals surface area contributed by atoms with E-state index in [1.807, 2.05) is 6.92 Å². The van der Waals surface area contributed by atoms with Crippen molar-refractivity contribution in [2.45, 2.75) is 52.1 Å². The molecule has 0 spiro atoms. The zero-order valence-corrected chi connectivity index (χ0v) is 11.2. The Hall–Kier alpha value is -0.410. The van der Waals surface area contributed by atoms with E-state index in [0.717, 1.165) is 30.0 Å². The third-order valence-corrected chi connectivity index (χ3v) is 4.95. The van der Waals surface area contributed by atoms with Crippen molar-refractivity contribution in [1.29, 1.82) is 0 Å². The molecule has 2 nitrogen and oxygen atoms in total. The van der Waals surface area contributed by atoms with Crippen LogP contribution >= 0.6 is 11.3 Å². The maximum atomic E-state index is 10.7. The summed E-state index contributed by atoms with van der Waals surface area (Å²) in [5.74, 6) is 1.00. The third-order valence-electron chi connectivity index (χ3n) is 4.12. The second kappa shape index (κ2) is 4.46. The zero-order valence-electron chi connectivity index (χ0n) is 10.4. The molecule has 0 bridgehead atoms. The lowest BCUT2D eigenvalue weighted by molar-refractivity contribution is -0.0626. The van der Waals surface area contributed by atoms with Gasteiger partial charge in [0.15, 0.2) is 0 Å². The quantitative estimate of drug-likeness (QED) is 0.860. The largest absolute Gasteiger partial charge is 0.389 e. The van der Waals surface area contributed by atoms with Gasteiger partial charge in [-0.15, -0.1) is 11.3 Å². The monoisotopic (exact) mass is 239 g/mol. The van der Waals surface area contributed by atoms with Crippen molar-refractivity contribution in [2.24, 2.45) is 11.8 Å². The van der Waals surface area contributed by atoms with Crippen LogP contribution in [0.15, 0.2) is 5.38 Å². The van der Waals surface area contributed by atoms with E-state index in [2.05, 4.69) is 24.2 Å². The van der Waals surface area contributed by atoms with E-state index < -0.39 is 5.60 Å². The summed E-state index contributed by atoms with van der Waals surface area (Å²) in [6, 6.07) is 0. The van der Waals surface area contributed by atoms with Gasteiger partial charge in [-0.2, -0.15) is 0 Å². The Morgan fingerprint density at radius 2 is 2.31 bits per heavy atom. The van der Waals surface area contributed by atoms with Crippen LogP contribution < -0.4 is 0 Å². The lowest BCUT2D eigenvalue weighted by Crippen LogP contribution is -2.44. The van der Waals surface area contributed by atoms with Gasteiger partial charge in [0.1, 0.15) is 0 Å². The fourth-order valence-corrected chi connectivity index (χ4v) is 3.40. The highest BCUT2D eigenvalue weighted by Gasteiger charge is 2.40. The van der Waals surface area contributed by atoms with Crippen molar-refractivity contribution >= 4 is 11.3 Å². The number of thiazole rings is 1. The van der Waals surface area contributed by atoms with Gasteiger partial charge < -0.3 is 5.11 Å². The maximum absolute atomic E-state index is 10.7. The number of aliphatic hydroxyl groups is 1. The molecule has 1 aromatic rings. The Morgan fingerprint density at radius 1 is 1.56 bits per heavy atom. The molecule has 1 aliphatic carbocycles. The molecule has 0 saturated heterocycles. The first-order valence-electron chi connectivity index (χ1n) is 6.14. The van der Waals surface area contributed by atoms with Crippen LogP contribution in [-0.2, 0) is 6.42 Å². The molecule has 2 rings (SSSR count). The highest BCUT2D eigenvalue weighted by molar-refractivity contribution is 7.09. The fourth-order valence-electron chi connectivity index (χ4n) is 2.79. The Morgan fingerprint density at radius 3 is 2.94 bits per heavy atom. The lowest BCUT2D eigenvalue weighted by atomic mass is 9.69. The first kappa shape index (κ1) is 12.1. The van der Waals surface area contributed by atoms with Gasteiger partial charge in [0.2, 0.25) is 0 Å². The molecule has 1 heterocycles. The molecule has 1 N–H and O–H groups in total. The van der Waals surface area contributed by atoms with Crippen LogP contribution in [0, 0.1) is 18.8 Å². The van der Waals surface area contributed by atoms with Gasteiger partial charge in [0.05, 0.1) is 16.3 Å². The molecule has 3 atom stereocenters. The van der Waals surface area contributed by atoms with Gasteiger partial charge in [-0.3, -0.25) is 0 Å². The minimum atomic E-state index is -0.530. The van der Waals surface area contributed by atoms with E-state index in [1.165, 1.54) is 6.42 Å². The van der Waals surface area contributed by atoms with Gasteiger partial charge in [0, 0.05) is 11.8 Å². The molecule has 0 radical (unpaired) electrons. The van der Waals surface area contributed by atoms with E-state index in [0.29, 0.717) is 11.8 Å². The van der Waals surface area contributed by atoms with Gasteiger partial charge in [-0.25, -0.2) is 4.98 Å². The minimum Gasteiger partial charge on any atom is -0.389 e. The van der Waals surface area contributed by atoms with E-state index in [9.17, 15) is 5.11 Å². The Labute approximate surface area is 102 Å². The summed E-state index contributed by atoms with van der Waals surface area (Å²) in [6.45, 7) is 6.45. The lowest BCUT2D eigenvalue weighted by Gasteiger charge is -2.41. The SMILES string of the molecule is Cc1nc(CC2(O)CCCC(C)C2C)cs1. The molecule has 1 aromatic heterocycles. The first-order chi connectivity index (χ1) is 7.51. The number of rotatable bonds is 2. The molecule has 1 fully saturated rings. The molecule has 0 amide bonds. The van der Waals surface area contributed by atoms with Gasteiger partial charge in [-0.05, 0) is 25.2 Å². The summed E-state index contributed by atoms with van der Waals surface area (Å²) >= 11 is 1.67. The maximum Gasteiger partial charge on any atom is 0.0897 e. The van der Waals surface area contributed by atoms with Crippen molar-refractivity contribution in [3.63, 3.8) is 0 Å². The van der Waals surface area contributed by atoms with Crippen molar-refractivity contribution in [2.75, 3.05) is 0 Å². The minimum absolute atomic E-state index is 0.378. The summed E-state index contributed by atoms with van der Waals surface area (Å²) in [7, 11) is 0. The average molecular weight is 239 g/mol. The van der Waals surface area contributed by atoms with Crippen LogP contribution in [0.25, 0.3) is 0 Å². The molecule has 1 saturated carbocycles. The molecule has 90 valence electrons. The topological polar surface area (TPSA) is 33.1 Å². The summed E-state index contributed by atoms with van der Waals surface area (Å²) in [6.07, 6.45) is 4.04. The van der Waals surface area contributed by atoms with E-state index in [-0.39, 0.29) is 0 Å². The predicted molar refractivity (Wildman–Crippen MR) is 67.7 cm³/mol. The van der Waals surface area contributed by atoms with Crippen molar-refractivity contribution in [3.05, 3.63) is 16.1 Å². The number of aryl methyl sites for hydroxylation is 1. The van der Waals surface area contributed by atoms with Crippen LogP contribution in [-0.4, -0.2) is 15.7 Å². The zero-order chi connectivity index (χ0) is 11.8. The number of hydrogen-bond acceptors (Lipinski definition) is 3. The molecule has 0 aliphatic heterocycles. The first-order valence-corrected chi connectivity index (χ1v) is 7.02. The number of hydrogen-bond donors (Lipinski definition) is 1. The van der Waals surface area contributed by atoms with Crippen molar-refractivity contribution in [3.8, 4) is 0 Å². The highest BCUT2D eigenvalue weighted by Crippen LogP contribution is 2.39. The molecular weight excluding hydrogens is 218 g/mol. The fraction of sp³-hybridized carbons (Fsp3) is 0.769. The van der Waals surface area contributed by atoms with Gasteiger partial charge >= 0.3 is 0 Å². The Balaban J connectivity index is 2.12. The summed E-state index contributed by atoms with van der Waals surface area (Å²) < 4.78 is 0. The summed E-state index contributed by atoms with van der Waals surface area (Å²) in [5.41, 5.74) is 0.531. The van der Waals surface area contributed by atoms with Crippen molar-refractivity contribution in [1.82, 2.24) is 4.98 Å². The molecule has 16 heavy (non-hydrogen) atoms. The van der Waals surface area contributed by atoms with Gasteiger partial charge in [0.25, 0.3) is 0 Å². The van der Waals surface area contributed by atoms with Crippen molar-refractivity contribution < 1.29 is 5.11 Å². The molecule has 3 heteroatoms. The van der Waals surface area contributed by atoms with Crippen LogP contribution in [0.4, 0.5) is 0 Å². The van der Waals surface area contributed by atoms with Crippen LogP contribution in [0.3, 0.4) is 0 Å². The summed E-state index contributed by atoms with van der Waals surface area (Å²) in [5, 5.41) is 13.9. The molecular formula is C13H21NOS. The predicted octanol–water partition coefficient (Wildman–Crippen LogP) is 3.18. The number of aromatic nitrogens is 1. The van der Waals surface area contributed by atoms with E-state index in [4.69, 9.17) is 0 Å². The highest BCUT2D eigenvalue weighted by atomic mass is 32.1. The molecule has 0 aromatic carbocycles. The Bertz CT molecular complexity index is 363. The van der Waals surface area contributed by atoms with E-state index >= 15 is 0 Å². The second-order valence-corrected chi connectivity index (χ2v) is 6.36. The van der Waals surface area contributed by atoms with Gasteiger partial charge in [-0.1, -0.05) is 26.7 Å². The van der Waals surface area contributed by atoms with Crippen LogP contribution in [0.2, 0.25) is 0 Å². The Kier molecular flexibility index (Phi) is 3.36. The number of nitrogens with zero attached hydrogens (tertiary/aromatic N) is 1. The van der Waals surface area contributed by atoms with E-state index in [1.54, 1.807) is 11.3 Å². The third kappa shape index (κ3) is 2.30. The normalized spacial score (nSPS) is 35.2. The molecule has 1 aliphatic rings. The molecule has 3 unspecified atom stereocenters. The van der Waals surface area contributed by atoms with Crippen LogP contribution in [0.1, 0.15) is 43.8 Å². The smallest absolute Gasteiger partial charge is 0.0897 e. The van der Waals surface area contributed by atoms with Crippen LogP contribution in [0.5, 0.6) is 0 Å². The summed E-state index contributed by atoms with van der Waals surface area (Å²) in [4.78, 5) is 4.47. The second-order valence-electron chi connectivity index (χ2n) is 5.30.